The molecule has 2 saturated heterocycles. The van der Waals surface area contributed by atoms with Crippen LogP contribution in [0.3, 0.4) is 0 Å². The number of hydrogen-bond acceptors (Lipinski definition) is 8. The fourth-order valence-corrected chi connectivity index (χ4v) is 8.40. The molecule has 3 amide bonds. The minimum atomic E-state index is -3.72. The van der Waals surface area contributed by atoms with Crippen LogP contribution >= 0.6 is 11.3 Å². The number of piperidine rings is 1. The number of carbonyl (C=O) groups excluding carboxylic acids is 4. The number of aromatic nitrogens is 1. The normalized spacial score (nSPS) is 26.4. The van der Waals surface area contributed by atoms with E-state index in [1.807, 2.05) is 38.1 Å². The summed E-state index contributed by atoms with van der Waals surface area (Å²) in [5.41, 5.74) is -0.278. The summed E-state index contributed by atoms with van der Waals surface area (Å²) < 4.78 is 27.7. The molecule has 11 nitrogen and oxygen atoms in total. The predicted molar refractivity (Wildman–Crippen MR) is 159 cm³/mol. The summed E-state index contributed by atoms with van der Waals surface area (Å²) in [5, 5.41) is 5.96. The van der Waals surface area contributed by atoms with Crippen molar-refractivity contribution in [3.05, 3.63) is 29.3 Å². The minimum absolute atomic E-state index is 0.0649. The maximum absolute atomic E-state index is 14.1. The Morgan fingerprint density at radius 3 is 2.50 bits per heavy atom. The fraction of sp³-hybridized carbons (Fsp3) is 0.621. The first-order valence-corrected chi connectivity index (χ1v) is 17.0. The third-order valence-electron chi connectivity index (χ3n) is 9.03. The van der Waals surface area contributed by atoms with Crippen molar-refractivity contribution in [3.63, 3.8) is 0 Å². The lowest BCUT2D eigenvalue weighted by Crippen LogP contribution is -2.60. The molecule has 1 aromatic heterocycles. The van der Waals surface area contributed by atoms with Gasteiger partial charge in [0.25, 0.3) is 0 Å². The van der Waals surface area contributed by atoms with Crippen molar-refractivity contribution < 1.29 is 27.6 Å². The Balaban J connectivity index is 1.44. The van der Waals surface area contributed by atoms with Crippen LogP contribution in [0.4, 0.5) is 0 Å². The zero-order chi connectivity index (χ0) is 30.8. The van der Waals surface area contributed by atoms with Crippen LogP contribution in [0.25, 0.3) is 10.2 Å². The van der Waals surface area contributed by atoms with E-state index >= 15 is 0 Å². The molecule has 42 heavy (non-hydrogen) atoms. The molecule has 3 heterocycles. The van der Waals surface area contributed by atoms with Gasteiger partial charge >= 0.3 is 0 Å². The van der Waals surface area contributed by atoms with E-state index in [0.717, 1.165) is 11.0 Å². The highest BCUT2D eigenvalue weighted by Gasteiger charge is 2.70. The van der Waals surface area contributed by atoms with E-state index in [-0.39, 0.29) is 40.4 Å². The Kier molecular flexibility index (Phi) is 7.76. The highest BCUT2D eigenvalue weighted by molar-refractivity contribution is 7.88. The van der Waals surface area contributed by atoms with Gasteiger partial charge in [0.15, 0.2) is 5.01 Å². The second-order valence-corrected chi connectivity index (χ2v) is 16.3. The van der Waals surface area contributed by atoms with Gasteiger partial charge < -0.3 is 15.5 Å². The zero-order valence-corrected chi connectivity index (χ0v) is 26.4. The number of Topliss-reactive ketones (excluding diaryl/α,β-unsaturated/α-hetero) is 1. The number of hydrogen-bond donors (Lipinski definition) is 3. The summed E-state index contributed by atoms with van der Waals surface area (Å²) in [4.78, 5) is 60.3. The van der Waals surface area contributed by atoms with Gasteiger partial charge in [0.2, 0.25) is 33.5 Å². The van der Waals surface area contributed by atoms with Crippen molar-refractivity contribution in [2.24, 2.45) is 28.6 Å². The molecule has 0 spiro atoms. The van der Waals surface area contributed by atoms with Crippen molar-refractivity contribution >= 4 is 55.1 Å². The maximum atomic E-state index is 14.1. The third-order valence-corrected chi connectivity index (χ3v) is 10.7. The van der Waals surface area contributed by atoms with Crippen molar-refractivity contribution in [2.75, 3.05) is 19.3 Å². The Hall–Kier alpha value is -2.90. The van der Waals surface area contributed by atoms with Gasteiger partial charge in [-0.1, -0.05) is 46.8 Å². The molecule has 1 saturated carbocycles. The number of rotatable bonds is 9. The van der Waals surface area contributed by atoms with Gasteiger partial charge in [0.1, 0.15) is 12.1 Å². The molecule has 3 N–H and O–H groups in total. The van der Waals surface area contributed by atoms with Crippen molar-refractivity contribution in [2.45, 2.75) is 65.6 Å². The lowest BCUT2D eigenvalue weighted by Gasteiger charge is -2.37. The first kappa shape index (κ1) is 30.6. The van der Waals surface area contributed by atoms with E-state index in [4.69, 9.17) is 0 Å². The highest BCUT2D eigenvalue weighted by Crippen LogP contribution is 2.65. The molecule has 0 bridgehead atoms. The lowest BCUT2D eigenvalue weighted by molar-refractivity contribution is -0.143. The largest absolute Gasteiger partial charge is 0.356 e. The van der Waals surface area contributed by atoms with Gasteiger partial charge in [-0.05, 0) is 47.6 Å². The lowest BCUT2D eigenvalue weighted by atomic mass is 9.86. The molecule has 3 fully saturated rings. The second kappa shape index (κ2) is 10.7. The van der Waals surface area contributed by atoms with Crippen LogP contribution in [0.2, 0.25) is 0 Å². The van der Waals surface area contributed by atoms with Gasteiger partial charge in [-0.2, -0.15) is 0 Å². The number of para-hydroxylation sites is 1. The van der Waals surface area contributed by atoms with Crippen molar-refractivity contribution in [1.29, 1.82) is 0 Å². The molecule has 6 atom stereocenters. The first-order chi connectivity index (χ1) is 19.5. The molecule has 13 heteroatoms. The van der Waals surface area contributed by atoms with Crippen molar-refractivity contribution in [1.82, 2.24) is 25.2 Å². The molecule has 5 rings (SSSR count). The number of nitrogens with one attached hydrogen (secondary N) is 3. The Labute approximate surface area is 250 Å². The van der Waals surface area contributed by atoms with Crippen LogP contribution in [-0.2, 0) is 24.4 Å². The molecule has 3 aliphatic rings. The van der Waals surface area contributed by atoms with Crippen LogP contribution in [0.1, 0.15) is 57.3 Å². The van der Waals surface area contributed by atoms with Gasteiger partial charge in [-0.3, -0.25) is 19.2 Å². The van der Waals surface area contributed by atoms with E-state index in [2.05, 4.69) is 20.3 Å². The molecule has 1 aliphatic carbocycles. The Morgan fingerprint density at radius 1 is 1.21 bits per heavy atom. The summed E-state index contributed by atoms with van der Waals surface area (Å²) in [5.74, 6) is -2.01. The van der Waals surface area contributed by atoms with Crippen LogP contribution in [0, 0.1) is 28.6 Å². The maximum Gasteiger partial charge on any atom is 0.243 e. The number of ketones is 1. The number of benzene rings is 1. The number of likely N-dealkylation sites (tertiary alicyclic amines) is 1. The summed E-state index contributed by atoms with van der Waals surface area (Å²) in [6.07, 6.45) is 1.67. The van der Waals surface area contributed by atoms with Crippen LogP contribution in [0.5, 0.6) is 0 Å². The van der Waals surface area contributed by atoms with Crippen LogP contribution < -0.4 is 15.4 Å². The Morgan fingerprint density at radius 2 is 1.90 bits per heavy atom. The molecule has 2 aromatic rings. The summed E-state index contributed by atoms with van der Waals surface area (Å²) >= 11 is 1.24. The fourth-order valence-electron chi connectivity index (χ4n) is 6.56. The quantitative estimate of drug-likeness (QED) is 0.363. The van der Waals surface area contributed by atoms with E-state index in [1.165, 1.54) is 16.2 Å². The summed E-state index contributed by atoms with van der Waals surface area (Å²) in [6.45, 7) is 10.2. The first-order valence-electron chi connectivity index (χ1n) is 14.2. The number of nitrogens with zero attached hydrogens (tertiary/aromatic N) is 2. The molecular formula is C29H39N5O6S2. The number of sulfonamides is 1. The average molecular weight is 618 g/mol. The second-order valence-electron chi connectivity index (χ2n) is 13.5. The summed E-state index contributed by atoms with van der Waals surface area (Å²) in [6, 6.07) is 4.40. The van der Waals surface area contributed by atoms with E-state index in [1.54, 1.807) is 20.8 Å². The smallest absolute Gasteiger partial charge is 0.243 e. The van der Waals surface area contributed by atoms with E-state index < -0.39 is 51.3 Å². The van der Waals surface area contributed by atoms with E-state index in [9.17, 15) is 27.6 Å². The number of fused-ring (bicyclic) bond motifs is 2. The number of thiazole rings is 1. The monoisotopic (exact) mass is 617 g/mol. The molecule has 0 radical (unpaired) electrons. The zero-order valence-electron chi connectivity index (χ0n) is 24.8. The van der Waals surface area contributed by atoms with Crippen LogP contribution in [0.15, 0.2) is 24.3 Å². The molecule has 2 aliphatic heterocycles. The van der Waals surface area contributed by atoms with Gasteiger partial charge in [-0.15, -0.1) is 11.3 Å². The topological polar surface area (TPSA) is 155 Å². The van der Waals surface area contributed by atoms with E-state index in [0.29, 0.717) is 25.0 Å². The number of carbonyl (C=O) groups is 4. The number of amides is 3. The predicted octanol–water partition coefficient (Wildman–Crippen LogP) is 1.94. The van der Waals surface area contributed by atoms with Crippen LogP contribution in [-0.4, -0.2) is 79.3 Å². The molecule has 3 unspecified atom stereocenters. The highest BCUT2D eigenvalue weighted by atomic mass is 32.2. The van der Waals surface area contributed by atoms with Crippen molar-refractivity contribution in [3.8, 4) is 0 Å². The van der Waals surface area contributed by atoms with Gasteiger partial charge in [-0.25, -0.2) is 18.1 Å². The average Bonchev–Trinajstić information content (AvgIpc) is 3.40. The molecule has 1 aromatic carbocycles. The third kappa shape index (κ3) is 5.83. The van der Waals surface area contributed by atoms with Gasteiger partial charge in [0, 0.05) is 19.0 Å². The molecule has 228 valence electrons. The standard InChI is InChI=1S/C29H39N5O6S2/c1-28(2,3)23(33-42(6,39)40)27(38)34-14-16-20(29(16,4)5)21(34)25(37)31-18(13-15-11-12-30-24(15)36)22(35)26-32-17-9-7-8-10-19(17)41-26/h7-10,15-16,18,20-21,23,33H,11-14H2,1-6H3,(H,30,36)(H,31,37)/t15-,16?,18-,20?,21?,23+/m0/s1. The minimum Gasteiger partial charge on any atom is -0.356 e. The Bertz CT molecular complexity index is 1510. The van der Waals surface area contributed by atoms with Gasteiger partial charge in [0.05, 0.1) is 22.5 Å². The summed E-state index contributed by atoms with van der Waals surface area (Å²) in [7, 11) is -3.72. The SMILES string of the molecule is CC1(C)C2CN(C(=O)[C@@H](NS(C)(=O)=O)C(C)(C)C)C(C(=O)N[C@@H](C[C@@H]3CCNC3=O)C(=O)c3nc4ccccc4s3)C21. The molecular weight excluding hydrogens is 578 g/mol.